The molecule has 1 saturated heterocycles. The molecule has 1 heterocycles. The van der Waals surface area contributed by atoms with E-state index in [0.29, 0.717) is 17.2 Å². The Bertz CT molecular complexity index is 839. The van der Waals surface area contributed by atoms with E-state index in [1.54, 1.807) is 72.8 Å². The number of para-hydroxylation sites is 3. The molecule has 0 aromatic heterocycles. The van der Waals surface area contributed by atoms with Crippen molar-refractivity contribution in [2.45, 2.75) is 6.10 Å². The van der Waals surface area contributed by atoms with Crippen molar-refractivity contribution in [3.63, 3.8) is 0 Å². The number of hydrogen-bond acceptors (Lipinski definition) is 6. The molecule has 0 saturated carbocycles. The first-order chi connectivity index (χ1) is 14.1. The molecule has 1 atom stereocenters. The maximum absolute atomic E-state index is 12.6. The fraction of sp³-hybridized carbons (Fsp3) is 0.0952. The van der Waals surface area contributed by atoms with Crippen LogP contribution in [0, 0.1) is 5.21 Å². The number of amides is 1. The molecule has 3 aromatic carbocycles. The normalized spacial score (nSPS) is 16.5. The molecule has 3 aromatic rings. The molecule has 8 heteroatoms. The third kappa shape index (κ3) is 4.30. The summed E-state index contributed by atoms with van der Waals surface area (Å²) in [6.07, 6.45) is -2.10. The van der Waals surface area contributed by atoms with Crippen LogP contribution in [0.3, 0.4) is 0 Å². The van der Waals surface area contributed by atoms with E-state index in [0.717, 1.165) is 5.01 Å². The van der Waals surface area contributed by atoms with Crippen LogP contribution < -0.4 is 24.9 Å². The van der Waals surface area contributed by atoms with Crippen molar-refractivity contribution in [1.82, 2.24) is 10.5 Å². The molecular formula is C21H19N3O5. The van der Waals surface area contributed by atoms with E-state index in [-0.39, 0.29) is 6.54 Å². The number of ether oxygens (including phenoxy) is 3. The molecule has 148 valence electrons. The summed E-state index contributed by atoms with van der Waals surface area (Å²) in [5.74, 6) is 0.604. The SMILES string of the molecule is O=C1C[NH+]([O-])NN1C(Oc1ccccc1)(Oc1ccccc1)Oc1ccccc1. The molecule has 2 N–H and O–H groups in total. The predicted molar refractivity (Wildman–Crippen MR) is 103 cm³/mol. The highest BCUT2D eigenvalue weighted by molar-refractivity contribution is 5.78. The van der Waals surface area contributed by atoms with Gasteiger partial charge in [-0.25, -0.2) is 0 Å². The summed E-state index contributed by atoms with van der Waals surface area (Å²) < 4.78 is 18.2. The van der Waals surface area contributed by atoms with E-state index in [1.807, 2.05) is 18.2 Å². The zero-order valence-electron chi connectivity index (χ0n) is 15.4. The predicted octanol–water partition coefficient (Wildman–Crippen LogP) is 1.48. The molecule has 4 rings (SSSR count). The molecule has 0 radical (unpaired) electrons. The maximum Gasteiger partial charge on any atom is 0.541 e. The first-order valence-electron chi connectivity index (χ1n) is 8.99. The Balaban J connectivity index is 1.79. The largest absolute Gasteiger partial charge is 0.611 e. The third-order valence-electron chi connectivity index (χ3n) is 4.04. The van der Waals surface area contributed by atoms with Gasteiger partial charge in [0, 0.05) is 0 Å². The fourth-order valence-electron chi connectivity index (χ4n) is 2.78. The number of hydrazine groups is 1. The van der Waals surface area contributed by atoms with Gasteiger partial charge in [0.2, 0.25) is 0 Å². The molecule has 8 nitrogen and oxygen atoms in total. The molecule has 0 spiro atoms. The lowest BCUT2D eigenvalue weighted by atomic mass is 10.3. The van der Waals surface area contributed by atoms with Crippen LogP contribution in [-0.4, -0.2) is 23.6 Å². The van der Waals surface area contributed by atoms with E-state index in [4.69, 9.17) is 14.2 Å². The average Bonchev–Trinajstić information content (AvgIpc) is 3.09. The Morgan fingerprint density at radius 3 is 1.45 bits per heavy atom. The molecular weight excluding hydrogens is 374 g/mol. The number of quaternary nitrogens is 1. The van der Waals surface area contributed by atoms with Crippen LogP contribution in [-0.2, 0) is 4.79 Å². The van der Waals surface area contributed by atoms with Crippen molar-refractivity contribution in [1.29, 1.82) is 0 Å². The van der Waals surface area contributed by atoms with Gasteiger partial charge in [-0.15, -0.1) is 5.01 Å². The number of benzene rings is 3. The minimum absolute atomic E-state index is 0.337. The number of nitrogens with zero attached hydrogens (tertiary/aromatic N) is 1. The van der Waals surface area contributed by atoms with Gasteiger partial charge in [0.15, 0.2) is 6.54 Å². The minimum atomic E-state index is -2.10. The lowest BCUT2D eigenvalue weighted by Crippen LogP contribution is -3.12. The van der Waals surface area contributed by atoms with Crippen molar-refractivity contribution < 1.29 is 24.2 Å². The molecule has 29 heavy (non-hydrogen) atoms. The first-order valence-corrected chi connectivity index (χ1v) is 8.99. The van der Waals surface area contributed by atoms with Gasteiger partial charge in [-0.2, -0.15) is 0 Å². The van der Waals surface area contributed by atoms with Gasteiger partial charge in [0.05, 0.1) is 0 Å². The van der Waals surface area contributed by atoms with Gasteiger partial charge >= 0.3 is 12.0 Å². The highest BCUT2D eigenvalue weighted by Crippen LogP contribution is 2.29. The summed E-state index contributed by atoms with van der Waals surface area (Å²) in [5, 5.41) is 12.4. The standard InChI is InChI=1S/C21H19N3O5/c25-20-16-23(26)22-24(20)21(27-17-10-4-1-5-11-17,28-18-12-6-2-7-13-18)29-19-14-8-3-9-15-19/h1-15,22-23H,16H2. The number of nitrogens with one attached hydrogen (secondary N) is 2. The van der Waals surface area contributed by atoms with E-state index in [2.05, 4.69) is 5.53 Å². The summed E-state index contributed by atoms with van der Waals surface area (Å²) >= 11 is 0. The van der Waals surface area contributed by atoms with Crippen LogP contribution >= 0.6 is 0 Å². The van der Waals surface area contributed by atoms with Crippen LogP contribution in [0.1, 0.15) is 0 Å². The summed E-state index contributed by atoms with van der Waals surface area (Å²) in [5.41, 5.74) is 2.48. The van der Waals surface area contributed by atoms with Crippen molar-refractivity contribution in [2.75, 3.05) is 6.54 Å². The zero-order valence-corrected chi connectivity index (χ0v) is 15.4. The lowest BCUT2D eigenvalue weighted by Gasteiger charge is -2.37. The number of hydroxylamine groups is 1. The molecule has 0 bridgehead atoms. The summed E-state index contributed by atoms with van der Waals surface area (Å²) in [4.78, 5) is 12.6. The first kappa shape index (κ1) is 18.8. The third-order valence-corrected chi connectivity index (χ3v) is 4.04. The van der Waals surface area contributed by atoms with Gasteiger partial charge in [-0.3, -0.25) is 9.97 Å². The van der Waals surface area contributed by atoms with Crippen molar-refractivity contribution >= 4 is 5.91 Å². The van der Waals surface area contributed by atoms with Crippen LogP contribution in [0.5, 0.6) is 17.2 Å². The molecule has 1 unspecified atom stereocenters. The van der Waals surface area contributed by atoms with Gasteiger partial charge in [0.1, 0.15) is 17.2 Å². The van der Waals surface area contributed by atoms with Gasteiger partial charge < -0.3 is 19.4 Å². The van der Waals surface area contributed by atoms with Crippen LogP contribution in [0.4, 0.5) is 0 Å². The van der Waals surface area contributed by atoms with E-state index in [9.17, 15) is 10.0 Å². The number of carbonyl (C=O) groups excluding carboxylic acids is 1. The smallest absolute Gasteiger partial charge is 0.541 e. The highest BCUT2D eigenvalue weighted by Gasteiger charge is 2.54. The van der Waals surface area contributed by atoms with Crippen molar-refractivity contribution in [3.8, 4) is 17.2 Å². The maximum atomic E-state index is 12.6. The minimum Gasteiger partial charge on any atom is -0.611 e. The zero-order chi connectivity index (χ0) is 20.1. The fourth-order valence-corrected chi connectivity index (χ4v) is 2.78. The number of rotatable bonds is 7. The van der Waals surface area contributed by atoms with Crippen LogP contribution in [0.2, 0.25) is 0 Å². The summed E-state index contributed by atoms with van der Waals surface area (Å²) in [6.45, 7) is -0.337. The Morgan fingerprint density at radius 1 is 0.759 bits per heavy atom. The molecule has 1 aliphatic heterocycles. The highest BCUT2D eigenvalue weighted by atomic mass is 16.9. The van der Waals surface area contributed by atoms with E-state index >= 15 is 0 Å². The second-order valence-electron chi connectivity index (χ2n) is 6.21. The number of carbonyl (C=O) groups is 1. The van der Waals surface area contributed by atoms with Crippen molar-refractivity contribution in [3.05, 3.63) is 96.2 Å². The van der Waals surface area contributed by atoms with Gasteiger partial charge in [0.25, 0.3) is 0 Å². The lowest BCUT2D eigenvalue weighted by molar-refractivity contribution is -0.893. The summed E-state index contributed by atoms with van der Waals surface area (Å²) in [7, 11) is 0. The van der Waals surface area contributed by atoms with Crippen molar-refractivity contribution in [2.24, 2.45) is 0 Å². The van der Waals surface area contributed by atoms with Crippen LogP contribution in [0.15, 0.2) is 91.0 Å². The Kier molecular flexibility index (Phi) is 5.30. The molecule has 1 amide bonds. The van der Waals surface area contributed by atoms with Crippen LogP contribution in [0.25, 0.3) is 0 Å². The molecule has 0 aliphatic carbocycles. The summed E-state index contributed by atoms with van der Waals surface area (Å²) in [6, 6.07) is 26.3. The second kappa shape index (κ2) is 8.19. The van der Waals surface area contributed by atoms with E-state index < -0.39 is 17.2 Å². The topological polar surface area (TPSA) is 87.5 Å². The quantitative estimate of drug-likeness (QED) is 0.467. The number of hydrogen-bond donors (Lipinski definition) is 2. The van der Waals surface area contributed by atoms with Gasteiger partial charge in [-0.1, -0.05) is 60.1 Å². The van der Waals surface area contributed by atoms with E-state index in [1.165, 1.54) is 0 Å². The Morgan fingerprint density at radius 2 is 1.14 bits per heavy atom. The molecule has 1 aliphatic rings. The second-order valence-corrected chi connectivity index (χ2v) is 6.21. The Hall–Kier alpha value is -3.59. The molecule has 1 fully saturated rings. The monoisotopic (exact) mass is 393 g/mol. The Labute approximate surface area is 167 Å². The average molecular weight is 393 g/mol. The van der Waals surface area contributed by atoms with Gasteiger partial charge in [-0.05, 0) is 36.4 Å².